The summed E-state index contributed by atoms with van der Waals surface area (Å²) >= 11 is 0. The van der Waals surface area contributed by atoms with Gasteiger partial charge < -0.3 is 20.0 Å². The monoisotopic (exact) mass is 403 g/mol. The number of guanidine groups is 1. The average Bonchev–Trinajstić information content (AvgIpc) is 3.47. The van der Waals surface area contributed by atoms with Crippen molar-refractivity contribution in [1.82, 2.24) is 15.6 Å². The molecule has 2 aromatic carbocycles. The molecule has 156 valence electrons. The van der Waals surface area contributed by atoms with E-state index in [1.54, 1.807) is 6.26 Å². The first-order valence-electron chi connectivity index (χ1n) is 10.6. The minimum absolute atomic E-state index is 0.479. The highest BCUT2D eigenvalue weighted by molar-refractivity contribution is 5.79. The highest BCUT2D eigenvalue weighted by Gasteiger charge is 2.22. The highest BCUT2D eigenvalue weighted by atomic mass is 16.3. The van der Waals surface area contributed by atoms with Gasteiger partial charge in [0.15, 0.2) is 5.96 Å². The number of nitrogens with zero attached hydrogens (tertiary/aromatic N) is 3. The molecule has 30 heavy (non-hydrogen) atoms. The maximum absolute atomic E-state index is 5.61. The van der Waals surface area contributed by atoms with E-state index in [-0.39, 0.29) is 0 Å². The molecule has 1 fully saturated rings. The van der Waals surface area contributed by atoms with Crippen LogP contribution in [0, 0.1) is 5.92 Å². The quantitative estimate of drug-likeness (QED) is 0.462. The van der Waals surface area contributed by atoms with Gasteiger partial charge in [0.25, 0.3) is 0 Å². The van der Waals surface area contributed by atoms with Crippen LogP contribution in [0.5, 0.6) is 0 Å². The van der Waals surface area contributed by atoms with Crippen LogP contribution in [0.15, 0.2) is 76.3 Å². The van der Waals surface area contributed by atoms with Crippen LogP contribution < -0.4 is 15.5 Å². The molecule has 6 heteroatoms. The molecule has 0 bridgehead atoms. The van der Waals surface area contributed by atoms with Gasteiger partial charge in [0, 0.05) is 37.4 Å². The van der Waals surface area contributed by atoms with E-state index in [0.717, 1.165) is 43.4 Å². The number of hydrogen-bond donors (Lipinski definition) is 2. The molecule has 1 aliphatic rings. The number of nitrogens with one attached hydrogen (secondary N) is 2. The third-order valence-corrected chi connectivity index (χ3v) is 5.28. The van der Waals surface area contributed by atoms with E-state index >= 15 is 0 Å². The normalized spacial score (nSPS) is 16.6. The van der Waals surface area contributed by atoms with Crippen molar-refractivity contribution in [1.29, 1.82) is 0 Å². The summed E-state index contributed by atoms with van der Waals surface area (Å²) < 4.78 is 5.61. The Balaban J connectivity index is 1.31. The lowest BCUT2D eigenvalue weighted by molar-refractivity contribution is 0.565. The van der Waals surface area contributed by atoms with E-state index < -0.39 is 0 Å². The van der Waals surface area contributed by atoms with Crippen molar-refractivity contribution in [3.63, 3.8) is 0 Å². The van der Waals surface area contributed by atoms with E-state index in [0.29, 0.717) is 18.4 Å². The molecule has 1 aliphatic heterocycles. The minimum atomic E-state index is 0.479. The third kappa shape index (κ3) is 5.20. The van der Waals surface area contributed by atoms with Crippen LogP contribution in [0.25, 0.3) is 11.5 Å². The molecule has 0 amide bonds. The zero-order valence-electron chi connectivity index (χ0n) is 17.4. The maximum atomic E-state index is 5.61. The standard InChI is InChI=1S/C24H29N5O/c1-2-25-24(26-15-19-13-14-29(17-19)22-11-7-4-8-12-22)27-16-21-18-30-23(28-21)20-9-5-3-6-10-20/h3-12,18-19H,2,13-17H2,1H3,(H2,25,26,27). The Morgan fingerprint density at radius 3 is 2.63 bits per heavy atom. The summed E-state index contributed by atoms with van der Waals surface area (Å²) in [5.41, 5.74) is 3.10. The molecule has 1 saturated heterocycles. The third-order valence-electron chi connectivity index (χ3n) is 5.28. The maximum Gasteiger partial charge on any atom is 0.226 e. The van der Waals surface area contributed by atoms with Crippen molar-refractivity contribution in [2.75, 3.05) is 31.1 Å². The number of benzene rings is 2. The summed E-state index contributed by atoms with van der Waals surface area (Å²) in [7, 11) is 0. The second kappa shape index (κ2) is 9.96. The average molecular weight is 404 g/mol. The van der Waals surface area contributed by atoms with Crippen LogP contribution in [0.2, 0.25) is 0 Å². The Kier molecular flexibility index (Phi) is 6.65. The van der Waals surface area contributed by atoms with Gasteiger partial charge in [-0.1, -0.05) is 36.4 Å². The lowest BCUT2D eigenvalue weighted by atomic mass is 10.1. The number of anilines is 1. The van der Waals surface area contributed by atoms with Gasteiger partial charge in [-0.05, 0) is 43.5 Å². The van der Waals surface area contributed by atoms with E-state index in [4.69, 9.17) is 4.42 Å². The van der Waals surface area contributed by atoms with Crippen LogP contribution in [0.1, 0.15) is 19.0 Å². The zero-order valence-corrected chi connectivity index (χ0v) is 17.4. The van der Waals surface area contributed by atoms with Crippen LogP contribution in [0.3, 0.4) is 0 Å². The lowest BCUT2D eigenvalue weighted by Crippen LogP contribution is -2.40. The highest BCUT2D eigenvalue weighted by Crippen LogP contribution is 2.23. The van der Waals surface area contributed by atoms with Gasteiger partial charge in [-0.3, -0.25) is 0 Å². The molecule has 4 rings (SSSR count). The summed E-state index contributed by atoms with van der Waals surface area (Å²) in [6.45, 7) is 6.45. The van der Waals surface area contributed by atoms with Crippen LogP contribution in [0.4, 0.5) is 5.69 Å². The van der Waals surface area contributed by atoms with Gasteiger partial charge in [-0.2, -0.15) is 0 Å². The van der Waals surface area contributed by atoms with Gasteiger partial charge in [-0.25, -0.2) is 9.98 Å². The minimum Gasteiger partial charge on any atom is -0.444 e. The fraction of sp³-hybridized carbons (Fsp3) is 0.333. The molecule has 2 heterocycles. The van der Waals surface area contributed by atoms with E-state index in [1.165, 1.54) is 12.1 Å². The molecular weight excluding hydrogens is 374 g/mol. The summed E-state index contributed by atoms with van der Waals surface area (Å²) in [5.74, 6) is 2.05. The van der Waals surface area contributed by atoms with Crippen LogP contribution in [-0.2, 0) is 6.54 Å². The largest absolute Gasteiger partial charge is 0.444 e. The second-order valence-corrected chi connectivity index (χ2v) is 7.52. The van der Waals surface area contributed by atoms with Crippen molar-refractivity contribution in [2.45, 2.75) is 19.9 Å². The fourth-order valence-electron chi connectivity index (χ4n) is 3.71. The number of rotatable bonds is 7. The Morgan fingerprint density at radius 2 is 1.87 bits per heavy atom. The molecule has 0 spiro atoms. The Hall–Kier alpha value is -3.28. The number of aromatic nitrogens is 1. The summed E-state index contributed by atoms with van der Waals surface area (Å²) in [6.07, 6.45) is 2.87. The molecule has 1 aromatic heterocycles. The molecule has 1 atom stereocenters. The van der Waals surface area contributed by atoms with E-state index in [1.807, 2.05) is 30.3 Å². The van der Waals surface area contributed by atoms with Crippen molar-refractivity contribution < 1.29 is 4.42 Å². The predicted molar refractivity (Wildman–Crippen MR) is 122 cm³/mol. The number of hydrogen-bond acceptors (Lipinski definition) is 4. The molecule has 1 unspecified atom stereocenters. The first-order chi connectivity index (χ1) is 14.8. The van der Waals surface area contributed by atoms with Gasteiger partial charge in [0.1, 0.15) is 12.0 Å². The summed E-state index contributed by atoms with van der Waals surface area (Å²) in [4.78, 5) is 11.7. The molecule has 0 saturated carbocycles. The van der Waals surface area contributed by atoms with Gasteiger partial charge in [0.2, 0.25) is 5.89 Å². The van der Waals surface area contributed by atoms with Gasteiger partial charge in [-0.15, -0.1) is 0 Å². The van der Waals surface area contributed by atoms with Crippen molar-refractivity contribution in [3.05, 3.63) is 72.6 Å². The zero-order chi connectivity index (χ0) is 20.6. The second-order valence-electron chi connectivity index (χ2n) is 7.52. The number of aliphatic imine (C=N–C) groups is 1. The SMILES string of the molecule is CCNC(=NCc1coc(-c2ccccc2)n1)NCC1CCN(c2ccccc2)C1. The molecule has 0 radical (unpaired) electrons. The fourth-order valence-corrected chi connectivity index (χ4v) is 3.71. The van der Waals surface area contributed by atoms with Crippen molar-refractivity contribution in [2.24, 2.45) is 10.9 Å². The van der Waals surface area contributed by atoms with E-state index in [9.17, 15) is 0 Å². The van der Waals surface area contributed by atoms with E-state index in [2.05, 4.69) is 62.8 Å². The molecule has 2 N–H and O–H groups in total. The van der Waals surface area contributed by atoms with Crippen LogP contribution >= 0.6 is 0 Å². The van der Waals surface area contributed by atoms with Gasteiger partial charge >= 0.3 is 0 Å². The molecule has 0 aliphatic carbocycles. The molecule has 3 aromatic rings. The lowest BCUT2D eigenvalue weighted by Gasteiger charge is -2.19. The molecule has 6 nitrogen and oxygen atoms in total. The van der Waals surface area contributed by atoms with Gasteiger partial charge in [0.05, 0.1) is 6.54 Å². The summed E-state index contributed by atoms with van der Waals surface area (Å²) in [5, 5.41) is 6.82. The predicted octanol–water partition coefficient (Wildman–Crippen LogP) is 3.92. The van der Waals surface area contributed by atoms with Crippen molar-refractivity contribution in [3.8, 4) is 11.5 Å². The molecular formula is C24H29N5O. The number of para-hydroxylation sites is 1. The van der Waals surface area contributed by atoms with Crippen LogP contribution in [-0.4, -0.2) is 37.1 Å². The Labute approximate surface area is 178 Å². The topological polar surface area (TPSA) is 65.7 Å². The number of oxazole rings is 1. The van der Waals surface area contributed by atoms with Crippen molar-refractivity contribution >= 4 is 11.6 Å². The first kappa shape index (κ1) is 20.0. The Morgan fingerprint density at radius 1 is 1.10 bits per heavy atom. The Bertz CT molecular complexity index is 938. The summed E-state index contributed by atoms with van der Waals surface area (Å²) in [6, 6.07) is 20.6. The first-order valence-corrected chi connectivity index (χ1v) is 10.6. The smallest absolute Gasteiger partial charge is 0.226 e.